The van der Waals surface area contributed by atoms with E-state index >= 15 is 0 Å². The number of hydrogen-bond acceptors (Lipinski definition) is 7. The number of esters is 1. The van der Waals surface area contributed by atoms with Gasteiger partial charge in [0, 0.05) is 17.9 Å². The molecule has 1 N–H and O–H groups in total. The van der Waals surface area contributed by atoms with Gasteiger partial charge in [-0.05, 0) is 56.2 Å². The summed E-state index contributed by atoms with van der Waals surface area (Å²) < 4.78 is 38.4. The van der Waals surface area contributed by atoms with Crippen LogP contribution in [0.4, 0.5) is 4.79 Å². The van der Waals surface area contributed by atoms with Gasteiger partial charge < -0.3 is 19.4 Å². The first-order valence-electron chi connectivity index (χ1n) is 11.6. The van der Waals surface area contributed by atoms with E-state index in [0.29, 0.717) is 11.5 Å². The molecular weight excluding hydrogens is 496 g/mol. The van der Waals surface area contributed by atoms with Gasteiger partial charge in [0.2, 0.25) is 10.0 Å². The van der Waals surface area contributed by atoms with Crippen LogP contribution in [0.1, 0.15) is 28.2 Å². The van der Waals surface area contributed by atoms with Gasteiger partial charge in [0.1, 0.15) is 18.5 Å². The number of pyridine rings is 1. The number of carbonyl (C=O) groups is 2. The Hall–Kier alpha value is -3.70. The third-order valence-electron chi connectivity index (χ3n) is 5.69. The maximum absolute atomic E-state index is 12.7. The number of aryl methyl sites for hydroxylation is 3. The van der Waals surface area contributed by atoms with E-state index in [2.05, 4.69) is 10.3 Å². The Morgan fingerprint density at radius 1 is 1.05 bits per heavy atom. The average molecular weight is 529 g/mol. The molecule has 3 rings (SSSR count). The van der Waals surface area contributed by atoms with Gasteiger partial charge in [-0.2, -0.15) is 4.31 Å². The van der Waals surface area contributed by atoms with Crippen LogP contribution in [-0.4, -0.2) is 60.3 Å². The van der Waals surface area contributed by atoms with Crippen molar-refractivity contribution in [3.05, 3.63) is 82.8 Å². The second kappa shape index (κ2) is 12.0. The lowest BCUT2D eigenvalue weighted by Gasteiger charge is -2.25. The fraction of sp³-hybridized carbons (Fsp3) is 0.346. The summed E-state index contributed by atoms with van der Waals surface area (Å²) in [6.07, 6.45) is 0.161. The maximum atomic E-state index is 12.7. The molecule has 0 fully saturated rings. The minimum absolute atomic E-state index is 0.00935. The molecule has 0 aliphatic rings. The van der Waals surface area contributed by atoms with E-state index in [-0.39, 0.29) is 19.7 Å². The van der Waals surface area contributed by atoms with Crippen LogP contribution in [0.3, 0.4) is 0 Å². The molecule has 0 saturated heterocycles. The predicted molar refractivity (Wildman–Crippen MR) is 139 cm³/mol. The lowest BCUT2D eigenvalue weighted by Crippen LogP contribution is -2.50. The van der Waals surface area contributed by atoms with E-state index in [1.54, 1.807) is 18.2 Å². The standard InChI is InChI=1S/C26H32N4O6S/c1-18-13-22(27-24(14-18)30-19(2)11-12-20(30)3)15-29(37(5,33)34)16-23(25(31)35-4)28-26(32)36-17-21-9-7-6-8-10-21/h6-14,23H,15-17H2,1-5H3,(H,28,32)/t23-/m0/s1. The van der Waals surface area contributed by atoms with E-state index in [1.165, 1.54) is 0 Å². The number of aromatic nitrogens is 2. The Kier molecular flexibility index (Phi) is 9.06. The summed E-state index contributed by atoms with van der Waals surface area (Å²) in [6, 6.07) is 15.4. The molecule has 0 spiro atoms. The van der Waals surface area contributed by atoms with Crippen molar-refractivity contribution < 1.29 is 27.5 Å². The van der Waals surface area contributed by atoms with Crippen LogP contribution in [0.25, 0.3) is 5.82 Å². The van der Waals surface area contributed by atoms with Crippen molar-refractivity contribution in [2.24, 2.45) is 0 Å². The van der Waals surface area contributed by atoms with Crippen LogP contribution in [-0.2, 0) is 37.4 Å². The van der Waals surface area contributed by atoms with Crippen LogP contribution < -0.4 is 5.32 Å². The third kappa shape index (κ3) is 7.64. The zero-order chi connectivity index (χ0) is 27.2. The summed E-state index contributed by atoms with van der Waals surface area (Å²) in [6.45, 7) is 5.34. The number of ether oxygens (including phenoxy) is 2. The summed E-state index contributed by atoms with van der Waals surface area (Å²) >= 11 is 0. The van der Waals surface area contributed by atoms with Gasteiger partial charge in [0.15, 0.2) is 0 Å². The Balaban J connectivity index is 1.80. The van der Waals surface area contributed by atoms with Gasteiger partial charge in [0.25, 0.3) is 0 Å². The number of carbonyl (C=O) groups excluding carboxylic acids is 2. The fourth-order valence-corrected chi connectivity index (χ4v) is 4.66. The highest BCUT2D eigenvalue weighted by Gasteiger charge is 2.29. The summed E-state index contributed by atoms with van der Waals surface area (Å²) in [5.41, 5.74) is 4.13. The minimum Gasteiger partial charge on any atom is -0.467 e. The fourth-order valence-electron chi connectivity index (χ4n) is 3.88. The molecule has 10 nitrogen and oxygen atoms in total. The van der Waals surface area contributed by atoms with E-state index in [0.717, 1.165) is 40.2 Å². The molecule has 3 aromatic rings. The van der Waals surface area contributed by atoms with E-state index < -0.39 is 28.1 Å². The number of hydrogen-bond donors (Lipinski definition) is 1. The monoisotopic (exact) mass is 528 g/mol. The van der Waals surface area contributed by atoms with Crippen molar-refractivity contribution in [3.8, 4) is 5.82 Å². The number of benzene rings is 1. The number of nitrogens with one attached hydrogen (secondary N) is 1. The topological polar surface area (TPSA) is 120 Å². The van der Waals surface area contributed by atoms with Gasteiger partial charge in [-0.3, -0.25) is 0 Å². The highest BCUT2D eigenvalue weighted by atomic mass is 32.2. The first-order chi connectivity index (χ1) is 17.5. The summed E-state index contributed by atoms with van der Waals surface area (Å²) in [7, 11) is -2.64. The van der Waals surface area contributed by atoms with Gasteiger partial charge in [-0.1, -0.05) is 30.3 Å². The predicted octanol–water partition coefficient (Wildman–Crippen LogP) is 3.03. The highest BCUT2D eigenvalue weighted by Crippen LogP contribution is 2.18. The molecule has 0 bridgehead atoms. The molecular formula is C26H32N4O6S. The second-order valence-corrected chi connectivity index (χ2v) is 10.8. The van der Waals surface area contributed by atoms with Gasteiger partial charge in [0.05, 0.1) is 25.6 Å². The molecule has 0 radical (unpaired) electrons. The van der Waals surface area contributed by atoms with Crippen LogP contribution in [0.5, 0.6) is 0 Å². The molecule has 37 heavy (non-hydrogen) atoms. The summed E-state index contributed by atoms with van der Waals surface area (Å²) in [5, 5.41) is 2.42. The summed E-state index contributed by atoms with van der Waals surface area (Å²) in [5.74, 6) is -0.141. The largest absolute Gasteiger partial charge is 0.467 e. The first kappa shape index (κ1) is 27.9. The molecule has 1 aromatic carbocycles. The number of nitrogens with zero attached hydrogens (tertiary/aromatic N) is 3. The normalized spacial score (nSPS) is 12.3. The van der Waals surface area contributed by atoms with Crippen molar-refractivity contribution >= 4 is 22.1 Å². The zero-order valence-electron chi connectivity index (χ0n) is 21.6. The Morgan fingerprint density at radius 2 is 1.70 bits per heavy atom. The second-order valence-electron chi connectivity index (χ2n) is 8.78. The van der Waals surface area contributed by atoms with Crippen LogP contribution in [0.2, 0.25) is 0 Å². The number of rotatable bonds is 10. The molecule has 1 amide bonds. The molecule has 0 aliphatic carbocycles. The lowest BCUT2D eigenvalue weighted by atomic mass is 10.2. The summed E-state index contributed by atoms with van der Waals surface area (Å²) in [4.78, 5) is 29.5. The number of alkyl carbamates (subject to hydrolysis) is 1. The van der Waals surface area contributed by atoms with Crippen molar-refractivity contribution in [3.63, 3.8) is 0 Å². The third-order valence-corrected chi connectivity index (χ3v) is 6.91. The molecule has 11 heteroatoms. The number of sulfonamides is 1. The Labute approximate surface area is 217 Å². The van der Waals surface area contributed by atoms with Crippen molar-refractivity contribution in [1.82, 2.24) is 19.2 Å². The van der Waals surface area contributed by atoms with Gasteiger partial charge >= 0.3 is 12.1 Å². The van der Waals surface area contributed by atoms with Crippen LogP contribution in [0, 0.1) is 20.8 Å². The highest BCUT2D eigenvalue weighted by molar-refractivity contribution is 7.88. The van der Waals surface area contributed by atoms with Crippen LogP contribution >= 0.6 is 0 Å². The Bertz CT molecular complexity index is 1340. The molecule has 2 heterocycles. The SMILES string of the molecule is COC(=O)[C@H](CN(Cc1cc(C)cc(-n2c(C)ccc2C)n1)S(C)(=O)=O)NC(=O)OCc1ccccc1. The van der Waals surface area contributed by atoms with Gasteiger partial charge in [-0.15, -0.1) is 0 Å². The molecule has 0 unspecified atom stereocenters. The van der Waals surface area contributed by atoms with E-state index in [1.807, 2.05) is 61.7 Å². The van der Waals surface area contributed by atoms with E-state index in [4.69, 9.17) is 9.47 Å². The number of methoxy groups -OCH3 is 1. The minimum atomic E-state index is -3.80. The average Bonchev–Trinajstić information content (AvgIpc) is 3.18. The molecule has 0 saturated carbocycles. The first-order valence-corrected chi connectivity index (χ1v) is 13.5. The Morgan fingerprint density at radius 3 is 2.30 bits per heavy atom. The smallest absolute Gasteiger partial charge is 0.408 e. The molecule has 198 valence electrons. The molecule has 2 aromatic heterocycles. The lowest BCUT2D eigenvalue weighted by molar-refractivity contribution is -0.143. The maximum Gasteiger partial charge on any atom is 0.408 e. The van der Waals surface area contributed by atoms with Crippen LogP contribution in [0.15, 0.2) is 54.6 Å². The van der Waals surface area contributed by atoms with Crippen molar-refractivity contribution in [1.29, 1.82) is 0 Å². The van der Waals surface area contributed by atoms with Gasteiger partial charge in [-0.25, -0.2) is 23.0 Å². The zero-order valence-corrected chi connectivity index (χ0v) is 22.4. The van der Waals surface area contributed by atoms with E-state index in [9.17, 15) is 18.0 Å². The molecule has 1 atom stereocenters. The molecule has 0 aliphatic heterocycles. The quantitative estimate of drug-likeness (QED) is 0.402. The van der Waals surface area contributed by atoms with Crippen molar-refractivity contribution in [2.75, 3.05) is 19.9 Å². The number of amides is 1. The van der Waals surface area contributed by atoms with Crippen molar-refractivity contribution in [2.45, 2.75) is 40.0 Å².